The average Bonchev–Trinajstić information content (AvgIpc) is 2.73. The maximum absolute atomic E-state index is 12.4. The fraction of sp³-hybridized carbons (Fsp3) is 0.364. The van der Waals surface area contributed by atoms with E-state index in [2.05, 4.69) is 48.3 Å². The zero-order chi connectivity index (χ0) is 19.9. The van der Waals surface area contributed by atoms with Crippen LogP contribution in [0.1, 0.15) is 25.0 Å². The number of nitrogens with one attached hydrogen (secondary N) is 1. The smallest absolute Gasteiger partial charge is 0.240 e. The topological polar surface area (TPSA) is 52.7 Å². The lowest BCUT2D eigenvalue weighted by atomic mass is 10.1. The van der Waals surface area contributed by atoms with Crippen LogP contribution in [0.15, 0.2) is 53.4 Å². The molecule has 2 aromatic rings. The molecule has 0 unspecified atom stereocenters. The Labute approximate surface area is 171 Å². The highest BCUT2D eigenvalue weighted by Gasteiger charge is 2.26. The van der Waals surface area contributed by atoms with E-state index in [0.29, 0.717) is 12.3 Å². The molecule has 0 saturated heterocycles. The van der Waals surface area contributed by atoms with Crippen LogP contribution < -0.4 is 10.2 Å². The van der Waals surface area contributed by atoms with Crippen LogP contribution in [0, 0.1) is 0 Å². The van der Waals surface area contributed by atoms with Crippen molar-refractivity contribution in [1.82, 2.24) is 10.2 Å². The Kier molecular flexibility index (Phi) is 7.12. The lowest BCUT2D eigenvalue weighted by Gasteiger charge is -2.28. The van der Waals surface area contributed by atoms with E-state index in [1.54, 1.807) is 4.90 Å². The molecule has 1 aliphatic heterocycles. The minimum absolute atomic E-state index is 0.0281. The number of amides is 2. The van der Waals surface area contributed by atoms with E-state index < -0.39 is 0 Å². The molecule has 6 heteroatoms. The zero-order valence-corrected chi connectivity index (χ0v) is 17.3. The van der Waals surface area contributed by atoms with Crippen molar-refractivity contribution in [1.29, 1.82) is 0 Å². The summed E-state index contributed by atoms with van der Waals surface area (Å²) in [6, 6.07) is 16.0. The molecule has 0 radical (unpaired) electrons. The molecule has 0 aliphatic carbocycles. The molecule has 0 bridgehead atoms. The number of rotatable bonds is 8. The predicted molar refractivity (Wildman–Crippen MR) is 114 cm³/mol. The SMILES string of the molecule is CCN(CC)Cc1ccc(CNC(=O)CN2C(=O)CSc3ccccc32)cc1. The molecule has 3 rings (SSSR count). The van der Waals surface area contributed by atoms with Crippen molar-refractivity contribution in [2.75, 3.05) is 30.3 Å². The summed E-state index contributed by atoms with van der Waals surface area (Å²) in [4.78, 5) is 29.7. The lowest BCUT2D eigenvalue weighted by Crippen LogP contribution is -2.43. The van der Waals surface area contributed by atoms with E-state index in [1.807, 2.05) is 24.3 Å². The summed E-state index contributed by atoms with van der Waals surface area (Å²) < 4.78 is 0. The molecule has 0 atom stereocenters. The second kappa shape index (κ2) is 9.75. The number of carbonyl (C=O) groups is 2. The number of benzene rings is 2. The summed E-state index contributed by atoms with van der Waals surface area (Å²) in [5, 5.41) is 2.93. The van der Waals surface area contributed by atoms with Crippen LogP contribution in [-0.2, 0) is 22.7 Å². The molecule has 1 heterocycles. The first-order chi connectivity index (χ1) is 13.6. The molecule has 0 saturated carbocycles. The number of thioether (sulfide) groups is 1. The van der Waals surface area contributed by atoms with E-state index >= 15 is 0 Å². The molecular weight excluding hydrogens is 370 g/mol. The van der Waals surface area contributed by atoms with Gasteiger partial charge in [-0.15, -0.1) is 11.8 Å². The van der Waals surface area contributed by atoms with Gasteiger partial charge in [-0.25, -0.2) is 0 Å². The third kappa shape index (κ3) is 5.14. The van der Waals surface area contributed by atoms with Gasteiger partial charge < -0.3 is 10.2 Å². The molecule has 1 N–H and O–H groups in total. The van der Waals surface area contributed by atoms with Gasteiger partial charge in [-0.1, -0.05) is 50.2 Å². The molecule has 2 aromatic carbocycles. The van der Waals surface area contributed by atoms with Gasteiger partial charge in [-0.05, 0) is 36.3 Å². The summed E-state index contributed by atoms with van der Waals surface area (Å²) in [7, 11) is 0. The lowest BCUT2D eigenvalue weighted by molar-refractivity contribution is -0.123. The van der Waals surface area contributed by atoms with Crippen molar-refractivity contribution < 1.29 is 9.59 Å². The Morgan fingerprint density at radius 1 is 1.07 bits per heavy atom. The van der Waals surface area contributed by atoms with Crippen LogP contribution in [-0.4, -0.2) is 42.1 Å². The Hall–Kier alpha value is -2.31. The highest BCUT2D eigenvalue weighted by molar-refractivity contribution is 8.00. The monoisotopic (exact) mass is 397 g/mol. The molecule has 2 amide bonds. The summed E-state index contributed by atoms with van der Waals surface area (Å²) in [6.07, 6.45) is 0. The van der Waals surface area contributed by atoms with Crippen molar-refractivity contribution in [3.8, 4) is 0 Å². The molecule has 0 fully saturated rings. The molecule has 148 valence electrons. The number of carbonyl (C=O) groups excluding carboxylic acids is 2. The standard InChI is InChI=1S/C22H27N3O2S/c1-3-24(4-2)14-18-11-9-17(10-12-18)13-23-21(26)15-25-19-7-5-6-8-20(19)28-16-22(25)27/h5-12H,3-4,13-16H2,1-2H3,(H,23,26). The molecule has 5 nitrogen and oxygen atoms in total. The molecule has 28 heavy (non-hydrogen) atoms. The van der Waals surface area contributed by atoms with E-state index in [4.69, 9.17) is 0 Å². The molecule has 0 aromatic heterocycles. The number of fused-ring (bicyclic) bond motifs is 1. The molecule has 1 aliphatic rings. The van der Waals surface area contributed by atoms with Crippen LogP contribution in [0.2, 0.25) is 0 Å². The third-order valence-corrected chi connectivity index (χ3v) is 5.97. The van der Waals surface area contributed by atoms with Gasteiger partial charge in [-0.2, -0.15) is 0 Å². The highest BCUT2D eigenvalue weighted by atomic mass is 32.2. The van der Waals surface area contributed by atoms with Crippen molar-refractivity contribution in [3.63, 3.8) is 0 Å². The fourth-order valence-corrected chi connectivity index (χ4v) is 4.13. The average molecular weight is 398 g/mol. The van der Waals surface area contributed by atoms with E-state index in [9.17, 15) is 9.59 Å². The summed E-state index contributed by atoms with van der Waals surface area (Å²) in [6.45, 7) is 7.85. The van der Waals surface area contributed by atoms with Crippen molar-refractivity contribution in [3.05, 3.63) is 59.7 Å². The van der Waals surface area contributed by atoms with Gasteiger partial charge in [-0.3, -0.25) is 14.5 Å². The van der Waals surface area contributed by atoms with Gasteiger partial charge in [0, 0.05) is 18.0 Å². The number of hydrogen-bond donors (Lipinski definition) is 1. The van der Waals surface area contributed by atoms with Gasteiger partial charge >= 0.3 is 0 Å². The van der Waals surface area contributed by atoms with Gasteiger partial charge in [0.15, 0.2) is 0 Å². The number of nitrogens with zero attached hydrogens (tertiary/aromatic N) is 2. The van der Waals surface area contributed by atoms with Crippen LogP contribution in [0.25, 0.3) is 0 Å². The molecular formula is C22H27N3O2S. The first-order valence-electron chi connectivity index (χ1n) is 9.69. The molecule has 0 spiro atoms. The van der Waals surface area contributed by atoms with Gasteiger partial charge in [0.05, 0.1) is 11.4 Å². The Morgan fingerprint density at radius 3 is 2.46 bits per heavy atom. The van der Waals surface area contributed by atoms with Crippen LogP contribution >= 0.6 is 11.8 Å². The zero-order valence-electron chi connectivity index (χ0n) is 16.5. The maximum atomic E-state index is 12.4. The van der Waals surface area contributed by atoms with Crippen molar-refractivity contribution in [2.24, 2.45) is 0 Å². The Balaban J connectivity index is 1.54. The predicted octanol–water partition coefficient (Wildman–Crippen LogP) is 3.28. The van der Waals surface area contributed by atoms with Gasteiger partial charge in [0.25, 0.3) is 0 Å². The highest BCUT2D eigenvalue weighted by Crippen LogP contribution is 2.34. The third-order valence-electron chi connectivity index (χ3n) is 4.92. The number of hydrogen-bond acceptors (Lipinski definition) is 4. The Bertz CT molecular complexity index is 819. The van der Waals surface area contributed by atoms with E-state index in [-0.39, 0.29) is 18.4 Å². The van der Waals surface area contributed by atoms with Crippen molar-refractivity contribution >= 4 is 29.3 Å². The largest absolute Gasteiger partial charge is 0.350 e. The van der Waals surface area contributed by atoms with Crippen LogP contribution in [0.3, 0.4) is 0 Å². The second-order valence-corrected chi connectivity index (χ2v) is 7.81. The van der Waals surface area contributed by atoms with Gasteiger partial charge in [0.2, 0.25) is 11.8 Å². The summed E-state index contributed by atoms with van der Waals surface area (Å²) in [5.74, 6) is 0.194. The summed E-state index contributed by atoms with van der Waals surface area (Å²) >= 11 is 1.52. The second-order valence-electron chi connectivity index (χ2n) is 6.79. The van der Waals surface area contributed by atoms with E-state index in [1.165, 1.54) is 17.3 Å². The maximum Gasteiger partial charge on any atom is 0.240 e. The van der Waals surface area contributed by atoms with Crippen LogP contribution in [0.4, 0.5) is 5.69 Å². The van der Waals surface area contributed by atoms with Crippen LogP contribution in [0.5, 0.6) is 0 Å². The van der Waals surface area contributed by atoms with Gasteiger partial charge in [0.1, 0.15) is 6.54 Å². The number of para-hydroxylation sites is 1. The fourth-order valence-electron chi connectivity index (χ4n) is 3.20. The first kappa shape index (κ1) is 20.4. The minimum atomic E-state index is -0.151. The van der Waals surface area contributed by atoms with Crippen molar-refractivity contribution in [2.45, 2.75) is 31.8 Å². The Morgan fingerprint density at radius 2 is 1.75 bits per heavy atom. The van der Waals surface area contributed by atoms with E-state index in [0.717, 1.165) is 35.8 Å². The first-order valence-corrected chi connectivity index (χ1v) is 10.7. The number of anilines is 1. The minimum Gasteiger partial charge on any atom is -0.350 e. The summed E-state index contributed by atoms with van der Waals surface area (Å²) in [5.41, 5.74) is 3.14. The normalized spacial score (nSPS) is 13.5. The quantitative estimate of drug-likeness (QED) is 0.743.